The molecule has 2 bridgehead atoms. The van der Waals surface area contributed by atoms with Gasteiger partial charge in [-0.2, -0.15) is 5.10 Å². The number of hydrogen-bond acceptors (Lipinski definition) is 3. The Morgan fingerprint density at radius 2 is 2.17 bits per heavy atom. The Kier molecular flexibility index (Phi) is 3.39. The van der Waals surface area contributed by atoms with Crippen LogP contribution in [0.2, 0.25) is 0 Å². The summed E-state index contributed by atoms with van der Waals surface area (Å²) in [6, 6.07) is 2.19. The Hall–Kier alpha value is -1.91. The smallest absolute Gasteiger partial charge is 0.256 e. The largest absolute Gasteiger partial charge is 0.349 e. The molecule has 0 spiro atoms. The summed E-state index contributed by atoms with van der Waals surface area (Å²) < 4.78 is 1.74. The quantitative estimate of drug-likeness (QED) is 0.948. The molecule has 0 aliphatic heterocycles. The van der Waals surface area contributed by atoms with Crippen LogP contribution in [0.4, 0.5) is 0 Å². The van der Waals surface area contributed by atoms with Gasteiger partial charge < -0.3 is 5.32 Å². The Bertz CT molecular complexity index is 766. The van der Waals surface area contributed by atoms with Crippen molar-refractivity contribution < 1.29 is 4.79 Å². The van der Waals surface area contributed by atoms with E-state index in [0.29, 0.717) is 17.1 Å². The van der Waals surface area contributed by atoms with E-state index < -0.39 is 0 Å². The van der Waals surface area contributed by atoms with Gasteiger partial charge in [-0.3, -0.25) is 4.79 Å². The lowest BCUT2D eigenvalue weighted by Crippen LogP contribution is -2.40. The van der Waals surface area contributed by atoms with E-state index in [2.05, 4.69) is 22.3 Å². The number of amides is 1. The molecule has 2 aromatic rings. The van der Waals surface area contributed by atoms with Crippen molar-refractivity contribution in [1.82, 2.24) is 19.9 Å². The topological polar surface area (TPSA) is 59.3 Å². The van der Waals surface area contributed by atoms with Crippen LogP contribution in [0.15, 0.2) is 12.3 Å². The molecule has 0 radical (unpaired) electrons. The predicted molar refractivity (Wildman–Crippen MR) is 88.3 cm³/mol. The summed E-state index contributed by atoms with van der Waals surface area (Å²) in [6.07, 6.45) is 7.00. The number of aryl methyl sites for hydroxylation is 2. The van der Waals surface area contributed by atoms with Gasteiger partial charge in [0.2, 0.25) is 0 Å². The van der Waals surface area contributed by atoms with Gasteiger partial charge in [0.1, 0.15) is 5.56 Å². The zero-order valence-corrected chi connectivity index (χ0v) is 14.0. The van der Waals surface area contributed by atoms with Crippen LogP contribution in [0.1, 0.15) is 54.4 Å². The predicted octanol–water partition coefficient (Wildman–Crippen LogP) is 2.90. The third-order valence-corrected chi connectivity index (χ3v) is 5.82. The van der Waals surface area contributed by atoms with E-state index in [0.717, 1.165) is 23.2 Å². The number of nitrogens with zero attached hydrogens (tertiary/aromatic N) is 3. The highest BCUT2D eigenvalue weighted by Gasteiger charge is 2.42. The van der Waals surface area contributed by atoms with Crippen LogP contribution in [-0.4, -0.2) is 26.5 Å². The molecule has 122 valence electrons. The minimum atomic E-state index is -0.0484. The van der Waals surface area contributed by atoms with Crippen molar-refractivity contribution in [2.45, 2.75) is 52.5 Å². The minimum absolute atomic E-state index is 0.0484. The van der Waals surface area contributed by atoms with E-state index in [1.54, 1.807) is 10.7 Å². The van der Waals surface area contributed by atoms with Gasteiger partial charge in [-0.05, 0) is 63.9 Å². The number of carbonyl (C=O) groups is 1. The summed E-state index contributed by atoms with van der Waals surface area (Å²) in [4.78, 5) is 17.2. The molecule has 2 heterocycles. The fraction of sp³-hybridized carbons (Fsp3) is 0.611. The van der Waals surface area contributed by atoms with Gasteiger partial charge in [-0.25, -0.2) is 9.50 Å². The summed E-state index contributed by atoms with van der Waals surface area (Å²) in [5.74, 6) is 2.29. The molecule has 2 aliphatic carbocycles. The van der Waals surface area contributed by atoms with E-state index in [4.69, 9.17) is 0 Å². The van der Waals surface area contributed by atoms with Gasteiger partial charge in [0.05, 0.1) is 6.20 Å². The lowest BCUT2D eigenvalue weighted by atomic mass is 9.84. The molecule has 2 aromatic heterocycles. The Morgan fingerprint density at radius 3 is 2.87 bits per heavy atom. The molecule has 0 saturated heterocycles. The maximum atomic E-state index is 12.7. The van der Waals surface area contributed by atoms with E-state index in [1.807, 2.05) is 19.9 Å². The average Bonchev–Trinajstić information content (AvgIpc) is 3.21. The third kappa shape index (κ3) is 2.42. The van der Waals surface area contributed by atoms with Crippen molar-refractivity contribution in [2.24, 2.45) is 17.8 Å². The molecule has 1 amide bonds. The maximum Gasteiger partial charge on any atom is 0.256 e. The van der Waals surface area contributed by atoms with Gasteiger partial charge in [-0.15, -0.1) is 0 Å². The Labute approximate surface area is 136 Å². The van der Waals surface area contributed by atoms with Crippen molar-refractivity contribution in [1.29, 1.82) is 0 Å². The Balaban J connectivity index is 1.55. The first-order valence-electron chi connectivity index (χ1n) is 8.65. The molecule has 4 atom stereocenters. The monoisotopic (exact) mass is 312 g/mol. The molecule has 23 heavy (non-hydrogen) atoms. The molecule has 4 rings (SSSR count). The van der Waals surface area contributed by atoms with Crippen molar-refractivity contribution in [3.8, 4) is 0 Å². The van der Waals surface area contributed by atoms with Gasteiger partial charge in [-0.1, -0.05) is 6.42 Å². The standard InChI is InChI=1S/C18H24N4O/c1-10-6-11(2)22-17(20-10)16(9-19-22)18(23)21-12(3)15-8-13-4-5-14(15)7-13/h6,9,12-15H,4-5,7-8H2,1-3H3,(H,21,23)/t12-,13-,14-,15+/m0/s1. The first-order chi connectivity index (χ1) is 11.0. The SMILES string of the molecule is Cc1cc(C)n2ncc(C(=O)N[C@@H](C)[C@H]3C[C@H]4CC[C@H]3C4)c2n1. The zero-order valence-electron chi connectivity index (χ0n) is 14.0. The number of fused-ring (bicyclic) bond motifs is 3. The molecule has 5 heteroatoms. The fourth-order valence-corrected chi connectivity index (χ4v) is 4.73. The molecule has 0 unspecified atom stereocenters. The Morgan fingerprint density at radius 1 is 1.35 bits per heavy atom. The summed E-state index contributed by atoms with van der Waals surface area (Å²) in [7, 11) is 0. The second-order valence-electron chi connectivity index (χ2n) is 7.43. The lowest BCUT2D eigenvalue weighted by molar-refractivity contribution is 0.0917. The summed E-state index contributed by atoms with van der Waals surface area (Å²) in [5, 5.41) is 7.52. The first-order valence-corrected chi connectivity index (χ1v) is 8.65. The van der Waals surface area contributed by atoms with E-state index in [9.17, 15) is 4.79 Å². The van der Waals surface area contributed by atoms with E-state index in [-0.39, 0.29) is 11.9 Å². The fourth-order valence-electron chi connectivity index (χ4n) is 4.73. The maximum absolute atomic E-state index is 12.7. The van der Waals surface area contributed by atoms with E-state index >= 15 is 0 Å². The van der Waals surface area contributed by atoms with E-state index in [1.165, 1.54) is 25.7 Å². The summed E-state index contributed by atoms with van der Waals surface area (Å²) >= 11 is 0. The highest BCUT2D eigenvalue weighted by molar-refractivity contribution is 5.99. The highest BCUT2D eigenvalue weighted by atomic mass is 16.1. The van der Waals surface area contributed by atoms with Crippen molar-refractivity contribution in [2.75, 3.05) is 0 Å². The van der Waals surface area contributed by atoms with Crippen LogP contribution in [-0.2, 0) is 0 Å². The first kappa shape index (κ1) is 14.7. The molecular weight excluding hydrogens is 288 g/mol. The zero-order chi connectivity index (χ0) is 16.1. The van der Waals surface area contributed by atoms with Crippen LogP contribution in [0.25, 0.3) is 5.65 Å². The van der Waals surface area contributed by atoms with Gasteiger partial charge in [0.25, 0.3) is 5.91 Å². The number of carbonyl (C=O) groups excluding carboxylic acids is 1. The number of nitrogens with one attached hydrogen (secondary N) is 1. The lowest BCUT2D eigenvalue weighted by Gasteiger charge is -2.28. The summed E-state index contributed by atoms with van der Waals surface area (Å²) in [6.45, 7) is 6.08. The summed E-state index contributed by atoms with van der Waals surface area (Å²) in [5.41, 5.74) is 3.13. The third-order valence-electron chi connectivity index (χ3n) is 5.82. The molecule has 2 saturated carbocycles. The number of aromatic nitrogens is 3. The molecule has 0 aromatic carbocycles. The van der Waals surface area contributed by atoms with Gasteiger partial charge in [0.15, 0.2) is 5.65 Å². The van der Waals surface area contributed by atoms with Crippen LogP contribution in [0, 0.1) is 31.6 Å². The number of rotatable bonds is 3. The molecular formula is C18H24N4O. The molecule has 1 N–H and O–H groups in total. The molecule has 2 fully saturated rings. The highest BCUT2D eigenvalue weighted by Crippen LogP contribution is 2.49. The molecule has 2 aliphatic rings. The van der Waals surface area contributed by atoms with Crippen molar-refractivity contribution >= 4 is 11.6 Å². The average molecular weight is 312 g/mol. The normalized spacial score (nSPS) is 27.5. The van der Waals surface area contributed by atoms with Crippen LogP contribution >= 0.6 is 0 Å². The van der Waals surface area contributed by atoms with Gasteiger partial charge in [0, 0.05) is 17.4 Å². The second-order valence-corrected chi connectivity index (χ2v) is 7.43. The van der Waals surface area contributed by atoms with Crippen LogP contribution in [0.3, 0.4) is 0 Å². The minimum Gasteiger partial charge on any atom is -0.349 e. The van der Waals surface area contributed by atoms with Gasteiger partial charge >= 0.3 is 0 Å². The second kappa shape index (κ2) is 5.32. The van der Waals surface area contributed by atoms with Crippen molar-refractivity contribution in [3.63, 3.8) is 0 Å². The van der Waals surface area contributed by atoms with Crippen molar-refractivity contribution in [3.05, 3.63) is 29.2 Å². The van der Waals surface area contributed by atoms with Crippen LogP contribution in [0.5, 0.6) is 0 Å². The molecule has 5 nitrogen and oxygen atoms in total. The number of hydrogen-bond donors (Lipinski definition) is 1. The van der Waals surface area contributed by atoms with Crippen LogP contribution < -0.4 is 5.32 Å².